The summed E-state index contributed by atoms with van der Waals surface area (Å²) in [5.41, 5.74) is 2.97. The summed E-state index contributed by atoms with van der Waals surface area (Å²) in [4.78, 5) is 22.1. The number of ether oxygens (including phenoxy) is 2. The summed E-state index contributed by atoms with van der Waals surface area (Å²) in [5, 5.41) is 14.4. The van der Waals surface area contributed by atoms with Gasteiger partial charge in [0.15, 0.2) is 11.5 Å². The summed E-state index contributed by atoms with van der Waals surface area (Å²) in [7, 11) is 0. The van der Waals surface area contributed by atoms with Crippen LogP contribution in [0.2, 0.25) is 0 Å². The lowest BCUT2D eigenvalue weighted by Crippen LogP contribution is -2.42. The number of hydrogen-bond donors (Lipinski definition) is 1. The van der Waals surface area contributed by atoms with Gasteiger partial charge in [-0.3, -0.25) is 14.9 Å². The Morgan fingerprint density at radius 1 is 1.21 bits per heavy atom. The number of carbonyl (C=O) groups is 1. The van der Waals surface area contributed by atoms with Crippen LogP contribution in [-0.4, -0.2) is 29.8 Å². The molecule has 0 saturated heterocycles. The van der Waals surface area contributed by atoms with Crippen molar-refractivity contribution in [2.75, 3.05) is 6.61 Å². The van der Waals surface area contributed by atoms with E-state index < -0.39 is 16.9 Å². The van der Waals surface area contributed by atoms with E-state index in [9.17, 15) is 14.9 Å². The van der Waals surface area contributed by atoms with Crippen molar-refractivity contribution < 1.29 is 19.2 Å². The Labute approximate surface area is 136 Å². The van der Waals surface area contributed by atoms with Crippen LogP contribution in [-0.2, 0) is 4.79 Å². The van der Waals surface area contributed by atoms with Crippen LogP contribution in [0.15, 0.2) is 53.6 Å². The predicted molar refractivity (Wildman–Crippen MR) is 85.2 cm³/mol. The lowest BCUT2D eigenvalue weighted by atomic mass is 10.2. The number of hydrogen-bond acceptors (Lipinski definition) is 6. The molecule has 2 aromatic carbocycles. The van der Waals surface area contributed by atoms with Gasteiger partial charge in [-0.15, -0.1) is 0 Å². The molecule has 0 aromatic heterocycles. The van der Waals surface area contributed by atoms with Crippen LogP contribution in [0.4, 0.5) is 5.69 Å². The molecule has 0 unspecified atom stereocenters. The molecular weight excluding hydrogens is 314 g/mol. The number of nitro groups is 1. The van der Waals surface area contributed by atoms with Gasteiger partial charge in [-0.25, -0.2) is 5.43 Å². The maximum Gasteiger partial charge on any atom is 0.284 e. The van der Waals surface area contributed by atoms with Crippen LogP contribution < -0.4 is 14.9 Å². The van der Waals surface area contributed by atoms with Crippen molar-refractivity contribution >= 4 is 17.8 Å². The standard InChI is InChI=1S/C16H13N3O5/c20-16(15-10-23-13-3-1-2-4-14(13)24-15)18-17-9-11-5-7-12(8-6-11)19(21)22/h1-9,15H,10H2,(H,18,20)/b17-9-/t15-/m0/s1. The van der Waals surface area contributed by atoms with E-state index in [1.807, 2.05) is 6.07 Å². The maximum absolute atomic E-state index is 12.0. The molecule has 1 aliphatic rings. The van der Waals surface area contributed by atoms with Gasteiger partial charge in [0, 0.05) is 12.1 Å². The summed E-state index contributed by atoms with van der Waals surface area (Å²) >= 11 is 0. The van der Waals surface area contributed by atoms with Crippen molar-refractivity contribution in [1.82, 2.24) is 5.43 Å². The van der Waals surface area contributed by atoms with Crippen molar-refractivity contribution in [3.8, 4) is 11.5 Å². The number of non-ortho nitro benzene ring substituents is 1. The number of benzene rings is 2. The second kappa shape index (κ2) is 6.78. The quantitative estimate of drug-likeness (QED) is 0.525. The van der Waals surface area contributed by atoms with Crippen LogP contribution in [0.3, 0.4) is 0 Å². The Bertz CT molecular complexity index is 789. The SMILES string of the molecule is O=C(N/N=C\c1ccc([N+](=O)[O-])cc1)[C@@H]1COc2ccccc2O1. The van der Waals surface area contributed by atoms with Crippen molar-refractivity contribution in [2.24, 2.45) is 5.10 Å². The lowest BCUT2D eigenvalue weighted by Gasteiger charge is -2.24. The fraction of sp³-hybridized carbons (Fsp3) is 0.125. The highest BCUT2D eigenvalue weighted by Crippen LogP contribution is 2.30. The van der Waals surface area contributed by atoms with Crippen molar-refractivity contribution in [3.05, 3.63) is 64.2 Å². The molecule has 1 atom stereocenters. The fourth-order valence-corrected chi connectivity index (χ4v) is 2.07. The molecule has 0 spiro atoms. The van der Waals surface area contributed by atoms with E-state index in [0.717, 1.165) is 0 Å². The van der Waals surface area contributed by atoms with Crippen molar-refractivity contribution in [1.29, 1.82) is 0 Å². The third-order valence-corrected chi connectivity index (χ3v) is 3.29. The Balaban J connectivity index is 1.57. The Hall–Kier alpha value is -3.42. The van der Waals surface area contributed by atoms with Crippen molar-refractivity contribution in [2.45, 2.75) is 6.10 Å². The molecule has 1 N–H and O–H groups in total. The number of carbonyl (C=O) groups excluding carboxylic acids is 1. The molecule has 0 aliphatic carbocycles. The molecule has 1 aliphatic heterocycles. The molecule has 0 bridgehead atoms. The van der Waals surface area contributed by atoms with Gasteiger partial charge < -0.3 is 9.47 Å². The third kappa shape index (κ3) is 3.49. The second-order valence-corrected chi connectivity index (χ2v) is 4.95. The molecule has 2 aromatic rings. The van der Waals surface area contributed by atoms with Crippen LogP contribution in [0.1, 0.15) is 5.56 Å². The van der Waals surface area contributed by atoms with Crippen LogP contribution in [0.25, 0.3) is 0 Å². The molecule has 122 valence electrons. The van der Waals surface area contributed by atoms with E-state index in [-0.39, 0.29) is 12.3 Å². The first-order valence-electron chi connectivity index (χ1n) is 7.09. The van der Waals surface area contributed by atoms with Crippen molar-refractivity contribution in [3.63, 3.8) is 0 Å². The normalized spacial score (nSPS) is 15.9. The zero-order valence-electron chi connectivity index (χ0n) is 12.4. The number of fused-ring (bicyclic) bond motifs is 1. The average molecular weight is 327 g/mol. The molecule has 1 amide bonds. The monoisotopic (exact) mass is 327 g/mol. The number of hydrazone groups is 1. The third-order valence-electron chi connectivity index (χ3n) is 3.29. The number of para-hydroxylation sites is 2. The highest BCUT2D eigenvalue weighted by molar-refractivity contribution is 5.85. The van der Waals surface area contributed by atoms with Gasteiger partial charge in [0.2, 0.25) is 6.10 Å². The van der Waals surface area contributed by atoms with E-state index >= 15 is 0 Å². The van der Waals surface area contributed by atoms with Gasteiger partial charge in [-0.05, 0) is 29.8 Å². The van der Waals surface area contributed by atoms with E-state index in [4.69, 9.17) is 9.47 Å². The molecule has 3 rings (SSSR count). The van der Waals surface area contributed by atoms with E-state index in [1.165, 1.54) is 30.5 Å². The molecule has 8 nitrogen and oxygen atoms in total. The first-order chi connectivity index (χ1) is 11.6. The average Bonchev–Trinajstić information content (AvgIpc) is 2.61. The Kier molecular flexibility index (Phi) is 4.37. The summed E-state index contributed by atoms with van der Waals surface area (Å²) < 4.78 is 11.0. The molecule has 1 heterocycles. The molecule has 0 radical (unpaired) electrons. The summed E-state index contributed by atoms with van der Waals surface area (Å²) in [6, 6.07) is 12.9. The van der Waals surface area contributed by atoms with Gasteiger partial charge in [0.1, 0.15) is 6.61 Å². The summed E-state index contributed by atoms with van der Waals surface area (Å²) in [6.07, 6.45) is 0.591. The number of amides is 1. The summed E-state index contributed by atoms with van der Waals surface area (Å²) in [5.74, 6) is 0.654. The Morgan fingerprint density at radius 3 is 2.62 bits per heavy atom. The number of nitrogens with zero attached hydrogens (tertiary/aromatic N) is 2. The highest BCUT2D eigenvalue weighted by atomic mass is 16.6. The van der Waals surface area contributed by atoms with Gasteiger partial charge in [-0.1, -0.05) is 12.1 Å². The van der Waals surface area contributed by atoms with Gasteiger partial charge in [-0.2, -0.15) is 5.10 Å². The number of rotatable bonds is 4. The van der Waals surface area contributed by atoms with E-state index in [1.54, 1.807) is 18.2 Å². The maximum atomic E-state index is 12.0. The minimum atomic E-state index is -0.797. The Morgan fingerprint density at radius 2 is 1.92 bits per heavy atom. The van der Waals surface area contributed by atoms with Crippen LogP contribution >= 0.6 is 0 Å². The zero-order valence-corrected chi connectivity index (χ0v) is 12.4. The topological polar surface area (TPSA) is 103 Å². The van der Waals surface area contributed by atoms with Gasteiger partial charge in [0.05, 0.1) is 11.1 Å². The first-order valence-corrected chi connectivity index (χ1v) is 7.09. The van der Waals surface area contributed by atoms with Gasteiger partial charge >= 0.3 is 0 Å². The number of nitro benzene ring substituents is 1. The molecule has 0 fully saturated rings. The summed E-state index contributed by atoms with van der Waals surface area (Å²) in [6.45, 7) is 0.0932. The first kappa shape index (κ1) is 15.5. The van der Waals surface area contributed by atoms with Gasteiger partial charge in [0.25, 0.3) is 11.6 Å². The molecular formula is C16H13N3O5. The molecule has 24 heavy (non-hydrogen) atoms. The largest absolute Gasteiger partial charge is 0.485 e. The smallest absolute Gasteiger partial charge is 0.284 e. The predicted octanol–water partition coefficient (Wildman–Crippen LogP) is 1.88. The van der Waals surface area contributed by atoms with Crippen LogP contribution in [0, 0.1) is 10.1 Å². The zero-order chi connectivity index (χ0) is 16.9. The highest BCUT2D eigenvalue weighted by Gasteiger charge is 2.26. The second-order valence-electron chi connectivity index (χ2n) is 4.95. The van der Waals surface area contributed by atoms with E-state index in [0.29, 0.717) is 17.1 Å². The number of nitrogens with one attached hydrogen (secondary N) is 1. The molecule has 0 saturated carbocycles. The fourth-order valence-electron chi connectivity index (χ4n) is 2.07. The minimum absolute atomic E-state index is 0.0115. The van der Waals surface area contributed by atoms with Crippen LogP contribution in [0.5, 0.6) is 11.5 Å². The lowest BCUT2D eigenvalue weighted by molar-refractivity contribution is -0.384. The van der Waals surface area contributed by atoms with E-state index in [2.05, 4.69) is 10.5 Å². The molecule has 8 heteroatoms. The minimum Gasteiger partial charge on any atom is -0.485 e.